The number of ether oxygens (including phenoxy) is 1. The summed E-state index contributed by atoms with van der Waals surface area (Å²) >= 11 is 0. The molecule has 0 unspecified atom stereocenters. The number of nitrogens with zero attached hydrogens (tertiary/aromatic N) is 3. The quantitative estimate of drug-likeness (QED) is 0.395. The smallest absolute Gasteiger partial charge is 0.273 e. The highest BCUT2D eigenvalue weighted by Gasteiger charge is 2.06. The first-order valence-electron chi connectivity index (χ1n) is 7.46. The molecule has 0 aliphatic rings. The van der Waals surface area contributed by atoms with Crippen molar-refractivity contribution < 1.29 is 9.66 Å². The Labute approximate surface area is 137 Å². The van der Waals surface area contributed by atoms with E-state index in [4.69, 9.17) is 4.74 Å². The van der Waals surface area contributed by atoms with Crippen LogP contribution in [0.5, 0.6) is 5.75 Å². The minimum Gasteiger partial charge on any atom is -0.493 e. The van der Waals surface area contributed by atoms with Crippen molar-refractivity contribution in [2.45, 2.75) is 13.0 Å². The number of fused-ring (bicyclic) bond motifs is 1. The number of non-ortho nitro benzene ring substituents is 1. The molecule has 0 amide bonds. The van der Waals surface area contributed by atoms with Crippen LogP contribution in [0.3, 0.4) is 0 Å². The maximum absolute atomic E-state index is 12.3. The van der Waals surface area contributed by atoms with E-state index in [-0.39, 0.29) is 11.2 Å². The fourth-order valence-electron chi connectivity index (χ4n) is 2.38. The van der Waals surface area contributed by atoms with Crippen LogP contribution in [0.25, 0.3) is 10.9 Å². The number of nitro groups is 1. The molecule has 3 rings (SSSR count). The average molecular weight is 325 g/mol. The van der Waals surface area contributed by atoms with E-state index in [1.165, 1.54) is 18.5 Å². The Morgan fingerprint density at radius 3 is 2.83 bits per heavy atom. The van der Waals surface area contributed by atoms with Crippen molar-refractivity contribution >= 4 is 16.6 Å². The molecule has 0 saturated heterocycles. The Morgan fingerprint density at radius 1 is 1.17 bits per heavy atom. The molecule has 0 aliphatic heterocycles. The van der Waals surface area contributed by atoms with Gasteiger partial charge in [0.05, 0.1) is 34.8 Å². The first-order valence-corrected chi connectivity index (χ1v) is 7.46. The van der Waals surface area contributed by atoms with Gasteiger partial charge in [0.15, 0.2) is 0 Å². The number of benzene rings is 2. The van der Waals surface area contributed by atoms with Gasteiger partial charge >= 0.3 is 0 Å². The van der Waals surface area contributed by atoms with Crippen molar-refractivity contribution in [2.75, 3.05) is 6.61 Å². The molecule has 122 valence electrons. The fourth-order valence-corrected chi connectivity index (χ4v) is 2.38. The van der Waals surface area contributed by atoms with E-state index in [0.717, 1.165) is 0 Å². The van der Waals surface area contributed by atoms with Crippen LogP contribution in [0.15, 0.2) is 59.7 Å². The van der Waals surface area contributed by atoms with Crippen LogP contribution < -0.4 is 10.3 Å². The number of rotatable bonds is 6. The van der Waals surface area contributed by atoms with E-state index < -0.39 is 4.92 Å². The zero-order valence-corrected chi connectivity index (χ0v) is 12.8. The van der Waals surface area contributed by atoms with Crippen LogP contribution in [0.4, 0.5) is 5.69 Å². The molecule has 0 bridgehead atoms. The van der Waals surface area contributed by atoms with Crippen LogP contribution in [0, 0.1) is 10.1 Å². The molecule has 0 spiro atoms. The lowest BCUT2D eigenvalue weighted by Gasteiger charge is -2.08. The van der Waals surface area contributed by atoms with Gasteiger partial charge in [-0.1, -0.05) is 18.2 Å². The van der Waals surface area contributed by atoms with E-state index in [1.807, 2.05) is 6.07 Å². The third kappa shape index (κ3) is 3.40. The summed E-state index contributed by atoms with van der Waals surface area (Å²) in [6, 6.07) is 13.2. The lowest BCUT2D eigenvalue weighted by atomic mass is 10.2. The van der Waals surface area contributed by atoms with Gasteiger partial charge < -0.3 is 4.74 Å². The van der Waals surface area contributed by atoms with E-state index in [0.29, 0.717) is 36.2 Å². The second-order valence-corrected chi connectivity index (χ2v) is 5.22. The van der Waals surface area contributed by atoms with E-state index >= 15 is 0 Å². The summed E-state index contributed by atoms with van der Waals surface area (Å²) in [4.78, 5) is 26.8. The third-order valence-corrected chi connectivity index (χ3v) is 3.57. The van der Waals surface area contributed by atoms with Crippen molar-refractivity contribution in [3.8, 4) is 5.75 Å². The summed E-state index contributed by atoms with van der Waals surface area (Å²) < 4.78 is 7.05. The van der Waals surface area contributed by atoms with Gasteiger partial charge in [-0.15, -0.1) is 0 Å². The minimum atomic E-state index is -0.465. The highest BCUT2D eigenvalue weighted by Crippen LogP contribution is 2.19. The van der Waals surface area contributed by atoms with E-state index in [9.17, 15) is 14.9 Å². The second kappa shape index (κ2) is 6.91. The zero-order chi connectivity index (χ0) is 16.9. The van der Waals surface area contributed by atoms with Crippen LogP contribution in [-0.2, 0) is 6.54 Å². The molecule has 0 radical (unpaired) electrons. The molecule has 24 heavy (non-hydrogen) atoms. The molecule has 3 aromatic rings. The molecule has 7 heteroatoms. The topological polar surface area (TPSA) is 87.3 Å². The first kappa shape index (κ1) is 15.7. The van der Waals surface area contributed by atoms with Gasteiger partial charge in [-0.3, -0.25) is 19.5 Å². The first-order chi connectivity index (χ1) is 11.6. The summed E-state index contributed by atoms with van der Waals surface area (Å²) in [5.74, 6) is 0.438. The highest BCUT2D eigenvalue weighted by atomic mass is 16.6. The van der Waals surface area contributed by atoms with E-state index in [2.05, 4.69) is 4.98 Å². The Bertz CT molecular complexity index is 936. The number of para-hydroxylation sites is 1. The molecular formula is C17H15N3O4. The Hall–Kier alpha value is -3.22. The Morgan fingerprint density at radius 2 is 2.00 bits per heavy atom. The maximum Gasteiger partial charge on any atom is 0.273 e. The van der Waals surface area contributed by atoms with Crippen molar-refractivity contribution in [1.82, 2.24) is 9.55 Å². The summed E-state index contributed by atoms with van der Waals surface area (Å²) in [6.45, 7) is 0.812. The summed E-state index contributed by atoms with van der Waals surface area (Å²) in [6.07, 6.45) is 2.11. The standard InChI is InChI=1S/C17H15N3O4/c21-17-15-7-1-2-8-16(15)18-12-19(17)9-4-10-24-14-6-3-5-13(11-14)20(22)23/h1-3,5-8,11-12H,4,9-10H2. The van der Waals surface area contributed by atoms with Gasteiger partial charge in [0, 0.05) is 12.6 Å². The summed E-state index contributed by atoms with van der Waals surface area (Å²) in [5, 5.41) is 11.3. The number of nitro benzene ring substituents is 1. The van der Waals surface area contributed by atoms with Gasteiger partial charge in [0.1, 0.15) is 5.75 Å². The molecule has 0 fully saturated rings. The normalized spacial score (nSPS) is 10.7. The molecule has 0 saturated carbocycles. The highest BCUT2D eigenvalue weighted by molar-refractivity contribution is 5.76. The van der Waals surface area contributed by atoms with Gasteiger partial charge in [-0.25, -0.2) is 4.98 Å². The van der Waals surface area contributed by atoms with Crippen molar-refractivity contribution in [2.24, 2.45) is 0 Å². The molecule has 7 nitrogen and oxygen atoms in total. The van der Waals surface area contributed by atoms with E-state index in [1.54, 1.807) is 34.9 Å². The predicted octanol–water partition coefficient (Wildman–Crippen LogP) is 2.77. The SMILES string of the molecule is O=c1c2ccccc2ncn1CCCOc1cccc([N+](=O)[O-])c1. The van der Waals surface area contributed by atoms with Crippen LogP contribution in [0.1, 0.15) is 6.42 Å². The van der Waals surface area contributed by atoms with Crippen molar-refractivity contribution in [3.63, 3.8) is 0 Å². The van der Waals surface area contributed by atoms with Crippen molar-refractivity contribution in [3.05, 3.63) is 75.3 Å². The Kier molecular flexibility index (Phi) is 4.51. The molecule has 1 heterocycles. The lowest BCUT2D eigenvalue weighted by molar-refractivity contribution is -0.384. The molecule has 1 aromatic heterocycles. The van der Waals surface area contributed by atoms with Crippen LogP contribution in [0.2, 0.25) is 0 Å². The monoisotopic (exact) mass is 325 g/mol. The molecule has 2 aromatic carbocycles. The number of aryl methyl sites for hydroxylation is 1. The largest absolute Gasteiger partial charge is 0.493 e. The molecular weight excluding hydrogens is 310 g/mol. The van der Waals surface area contributed by atoms with Gasteiger partial charge in [-0.2, -0.15) is 0 Å². The van der Waals surface area contributed by atoms with Crippen LogP contribution >= 0.6 is 0 Å². The molecule has 0 N–H and O–H groups in total. The Balaban J connectivity index is 1.61. The van der Waals surface area contributed by atoms with Crippen LogP contribution in [-0.4, -0.2) is 21.1 Å². The number of hydrogen-bond donors (Lipinski definition) is 0. The minimum absolute atomic E-state index is 0.0116. The zero-order valence-electron chi connectivity index (χ0n) is 12.8. The van der Waals surface area contributed by atoms with Crippen molar-refractivity contribution in [1.29, 1.82) is 0 Å². The van der Waals surface area contributed by atoms with Gasteiger partial charge in [0.2, 0.25) is 0 Å². The van der Waals surface area contributed by atoms with Gasteiger partial charge in [0.25, 0.3) is 11.2 Å². The lowest BCUT2D eigenvalue weighted by Crippen LogP contribution is -2.21. The molecule has 0 aliphatic carbocycles. The summed E-state index contributed by atoms with van der Waals surface area (Å²) in [7, 11) is 0. The van der Waals surface area contributed by atoms with Gasteiger partial charge in [-0.05, 0) is 24.6 Å². The fraction of sp³-hybridized carbons (Fsp3) is 0.176. The number of hydrogen-bond acceptors (Lipinski definition) is 5. The third-order valence-electron chi connectivity index (χ3n) is 3.57. The summed E-state index contributed by atoms with van der Waals surface area (Å²) in [5.41, 5.74) is 0.574. The maximum atomic E-state index is 12.3. The predicted molar refractivity (Wildman–Crippen MR) is 89.2 cm³/mol. The average Bonchev–Trinajstić information content (AvgIpc) is 2.61. The number of aromatic nitrogens is 2. The molecule has 0 atom stereocenters. The second-order valence-electron chi connectivity index (χ2n) is 5.22.